The largest absolute Gasteiger partial charge is 0.0654 e. The zero-order valence-electron chi connectivity index (χ0n) is 12.4. The zero-order valence-corrected chi connectivity index (χ0v) is 12.4. The Bertz CT molecular complexity index is 137. The zero-order chi connectivity index (χ0) is 12.4. The summed E-state index contributed by atoms with van der Waals surface area (Å²) in [5, 5.41) is 0. The fourth-order valence-electron chi connectivity index (χ4n) is 2.57. The van der Waals surface area contributed by atoms with Gasteiger partial charge in [-0.25, -0.2) is 0 Å². The molecule has 2 unspecified atom stereocenters. The van der Waals surface area contributed by atoms with Crippen LogP contribution in [0.2, 0.25) is 0 Å². The van der Waals surface area contributed by atoms with Crippen LogP contribution >= 0.6 is 0 Å². The Labute approximate surface area is 104 Å². The van der Waals surface area contributed by atoms with Gasteiger partial charge in [-0.15, -0.1) is 0 Å². The van der Waals surface area contributed by atoms with E-state index in [0.717, 1.165) is 17.8 Å². The van der Waals surface area contributed by atoms with Crippen molar-refractivity contribution in [1.29, 1.82) is 0 Å². The highest BCUT2D eigenvalue weighted by Crippen LogP contribution is 2.24. The van der Waals surface area contributed by atoms with E-state index in [0.29, 0.717) is 0 Å². The minimum Gasteiger partial charge on any atom is -0.0654 e. The lowest BCUT2D eigenvalue weighted by atomic mass is 9.85. The van der Waals surface area contributed by atoms with Gasteiger partial charge in [0, 0.05) is 0 Å². The van der Waals surface area contributed by atoms with Crippen LogP contribution in [-0.2, 0) is 0 Å². The van der Waals surface area contributed by atoms with Gasteiger partial charge < -0.3 is 0 Å². The van der Waals surface area contributed by atoms with E-state index in [1.54, 1.807) is 0 Å². The predicted molar refractivity (Wildman–Crippen MR) is 75.8 cm³/mol. The molecule has 0 aliphatic carbocycles. The molecule has 0 nitrogen and oxygen atoms in total. The fraction of sp³-hybridized carbons (Fsp3) is 1.00. The Morgan fingerprint density at radius 3 is 1.94 bits per heavy atom. The fourth-order valence-corrected chi connectivity index (χ4v) is 2.57. The minimum absolute atomic E-state index is 0.872. The van der Waals surface area contributed by atoms with E-state index in [4.69, 9.17) is 0 Å². The van der Waals surface area contributed by atoms with Crippen LogP contribution in [0.15, 0.2) is 0 Å². The van der Waals surface area contributed by atoms with Gasteiger partial charge in [-0.05, 0) is 24.2 Å². The van der Waals surface area contributed by atoms with Crippen molar-refractivity contribution < 1.29 is 0 Å². The molecule has 0 aromatic carbocycles. The smallest absolute Gasteiger partial charge is 0.0394 e. The molecule has 0 saturated heterocycles. The number of rotatable bonds is 10. The van der Waals surface area contributed by atoms with Gasteiger partial charge in [-0.3, -0.25) is 0 Å². The molecule has 16 heavy (non-hydrogen) atoms. The van der Waals surface area contributed by atoms with Crippen LogP contribution < -0.4 is 0 Å². The summed E-state index contributed by atoms with van der Waals surface area (Å²) in [6.45, 7) is 11.8. The lowest BCUT2D eigenvalue weighted by molar-refractivity contribution is 0.309. The first-order valence-electron chi connectivity index (χ1n) is 7.61. The van der Waals surface area contributed by atoms with Crippen molar-refractivity contribution in [3.63, 3.8) is 0 Å². The Kier molecular flexibility index (Phi) is 10.2. The van der Waals surface area contributed by atoms with E-state index < -0.39 is 0 Å². The highest BCUT2D eigenvalue weighted by Gasteiger charge is 2.12. The lowest BCUT2D eigenvalue weighted by Crippen LogP contribution is -2.09. The molecular weight excluding hydrogens is 192 g/mol. The van der Waals surface area contributed by atoms with Gasteiger partial charge in [0.15, 0.2) is 0 Å². The topological polar surface area (TPSA) is 0 Å². The van der Waals surface area contributed by atoms with Gasteiger partial charge in [0.05, 0.1) is 0 Å². The van der Waals surface area contributed by atoms with Gasteiger partial charge in [0.25, 0.3) is 0 Å². The van der Waals surface area contributed by atoms with Crippen LogP contribution in [0.5, 0.6) is 0 Å². The Hall–Kier alpha value is 0. The second-order valence-electron chi connectivity index (χ2n) is 5.94. The molecule has 0 aliphatic rings. The Balaban J connectivity index is 3.51. The third-order valence-electron chi connectivity index (χ3n) is 4.05. The Morgan fingerprint density at radius 2 is 1.44 bits per heavy atom. The maximum absolute atomic E-state index is 2.44. The molecule has 0 heteroatoms. The van der Waals surface area contributed by atoms with Crippen LogP contribution in [0.1, 0.15) is 86.0 Å². The monoisotopic (exact) mass is 226 g/mol. The van der Waals surface area contributed by atoms with E-state index in [9.17, 15) is 0 Å². The molecule has 0 rings (SSSR count). The maximum Gasteiger partial charge on any atom is -0.0394 e. The Morgan fingerprint density at radius 1 is 0.750 bits per heavy atom. The first-order valence-corrected chi connectivity index (χ1v) is 7.61. The summed E-state index contributed by atoms with van der Waals surface area (Å²) in [5.41, 5.74) is 0. The molecule has 0 N–H and O–H groups in total. The summed E-state index contributed by atoms with van der Waals surface area (Å²) in [6, 6.07) is 0. The molecule has 0 heterocycles. The van der Waals surface area contributed by atoms with E-state index in [1.807, 2.05) is 0 Å². The molecule has 98 valence electrons. The molecule has 2 atom stereocenters. The van der Waals surface area contributed by atoms with Crippen LogP contribution in [0.3, 0.4) is 0 Å². The minimum atomic E-state index is 0.872. The van der Waals surface area contributed by atoms with E-state index >= 15 is 0 Å². The van der Waals surface area contributed by atoms with Crippen molar-refractivity contribution >= 4 is 0 Å². The van der Waals surface area contributed by atoms with Crippen LogP contribution in [0.25, 0.3) is 0 Å². The summed E-state index contributed by atoms with van der Waals surface area (Å²) in [7, 11) is 0. The highest BCUT2D eigenvalue weighted by atomic mass is 14.2. The lowest BCUT2D eigenvalue weighted by Gasteiger charge is -2.21. The second kappa shape index (κ2) is 10.2. The first-order chi connectivity index (χ1) is 7.61. The maximum atomic E-state index is 2.44. The van der Waals surface area contributed by atoms with Crippen molar-refractivity contribution in [2.24, 2.45) is 17.8 Å². The highest BCUT2D eigenvalue weighted by molar-refractivity contribution is 4.64. The van der Waals surface area contributed by atoms with E-state index in [-0.39, 0.29) is 0 Å². The predicted octanol–water partition coefficient (Wildman–Crippen LogP) is 6.06. The normalized spacial score (nSPS) is 15.4. The average molecular weight is 226 g/mol. The summed E-state index contributed by atoms with van der Waals surface area (Å²) in [6.07, 6.45) is 11.4. The number of hydrogen-bond acceptors (Lipinski definition) is 0. The average Bonchev–Trinajstić information content (AvgIpc) is 2.25. The molecule has 0 saturated carbocycles. The van der Waals surface area contributed by atoms with Crippen molar-refractivity contribution in [3.8, 4) is 0 Å². The van der Waals surface area contributed by atoms with Crippen molar-refractivity contribution in [3.05, 3.63) is 0 Å². The summed E-state index contributed by atoms with van der Waals surface area (Å²) in [4.78, 5) is 0. The first kappa shape index (κ1) is 16.0. The van der Waals surface area contributed by atoms with Crippen LogP contribution in [0.4, 0.5) is 0 Å². The van der Waals surface area contributed by atoms with Crippen LogP contribution in [-0.4, -0.2) is 0 Å². The quantitative estimate of drug-likeness (QED) is 0.397. The summed E-state index contributed by atoms with van der Waals surface area (Å²) >= 11 is 0. The molecule has 0 aromatic heterocycles. The molecule has 0 aromatic rings. The molecular formula is C16H34. The van der Waals surface area contributed by atoms with Crippen molar-refractivity contribution in [2.75, 3.05) is 0 Å². The van der Waals surface area contributed by atoms with Crippen molar-refractivity contribution in [1.82, 2.24) is 0 Å². The van der Waals surface area contributed by atoms with Crippen LogP contribution in [0, 0.1) is 17.8 Å². The molecule has 0 spiro atoms. The molecule has 0 fully saturated rings. The SMILES string of the molecule is CCCCCCC(C)CCC(CC)C(C)C. The molecule has 0 aliphatic heterocycles. The van der Waals surface area contributed by atoms with Gasteiger partial charge in [-0.1, -0.05) is 79.6 Å². The molecule has 0 bridgehead atoms. The van der Waals surface area contributed by atoms with E-state index in [1.165, 1.54) is 51.4 Å². The standard InChI is InChI=1S/C16H34/c1-6-8-9-10-11-15(5)12-13-16(7-2)14(3)4/h14-16H,6-13H2,1-5H3. The van der Waals surface area contributed by atoms with Crippen molar-refractivity contribution in [2.45, 2.75) is 86.0 Å². The third-order valence-corrected chi connectivity index (χ3v) is 4.05. The van der Waals surface area contributed by atoms with Gasteiger partial charge in [0.2, 0.25) is 0 Å². The summed E-state index contributed by atoms with van der Waals surface area (Å²) < 4.78 is 0. The number of unbranched alkanes of at least 4 members (excludes halogenated alkanes) is 3. The third kappa shape index (κ3) is 8.19. The molecule has 0 radical (unpaired) electrons. The van der Waals surface area contributed by atoms with Gasteiger partial charge in [-0.2, -0.15) is 0 Å². The van der Waals surface area contributed by atoms with Gasteiger partial charge >= 0.3 is 0 Å². The molecule has 0 amide bonds. The second-order valence-corrected chi connectivity index (χ2v) is 5.94. The summed E-state index contributed by atoms with van der Waals surface area (Å²) in [5.74, 6) is 2.78. The number of hydrogen-bond donors (Lipinski definition) is 0. The van der Waals surface area contributed by atoms with E-state index in [2.05, 4.69) is 34.6 Å². The van der Waals surface area contributed by atoms with Gasteiger partial charge in [0.1, 0.15) is 0 Å².